The Bertz CT molecular complexity index is 1180. The van der Waals surface area contributed by atoms with Crippen LogP contribution in [-0.2, 0) is 17.9 Å². The second kappa shape index (κ2) is 10.7. The van der Waals surface area contributed by atoms with Crippen molar-refractivity contribution in [1.29, 1.82) is 0 Å². The third-order valence-electron chi connectivity index (χ3n) is 4.91. The summed E-state index contributed by atoms with van der Waals surface area (Å²) in [5.74, 6) is 0.861. The Balaban J connectivity index is 1.56. The number of imide groups is 1. The lowest BCUT2D eigenvalue weighted by atomic mass is 10.1. The average molecular weight is 524 g/mol. The van der Waals surface area contributed by atoms with Crippen LogP contribution in [0, 0.1) is 0 Å². The summed E-state index contributed by atoms with van der Waals surface area (Å²) in [7, 11) is 0. The highest BCUT2D eigenvalue weighted by Gasteiger charge is 2.35. The molecular weight excluding hydrogens is 502 g/mol. The molecule has 1 aliphatic heterocycles. The van der Waals surface area contributed by atoms with Crippen LogP contribution in [0.3, 0.4) is 0 Å². The van der Waals surface area contributed by atoms with E-state index in [2.05, 4.69) is 15.9 Å². The summed E-state index contributed by atoms with van der Waals surface area (Å²) >= 11 is 4.51. The molecule has 168 valence electrons. The zero-order chi connectivity index (χ0) is 23.2. The lowest BCUT2D eigenvalue weighted by Gasteiger charge is -2.15. The number of nitrogens with zero attached hydrogens (tertiary/aromatic N) is 1. The summed E-state index contributed by atoms with van der Waals surface area (Å²) in [6.45, 7) is 3.02. The van der Waals surface area contributed by atoms with Crippen LogP contribution in [0.25, 0.3) is 6.08 Å². The molecule has 0 unspecified atom stereocenters. The van der Waals surface area contributed by atoms with Gasteiger partial charge in [0.2, 0.25) is 0 Å². The third-order valence-corrected chi connectivity index (χ3v) is 6.41. The number of hydrogen-bond acceptors (Lipinski definition) is 5. The van der Waals surface area contributed by atoms with E-state index in [1.54, 1.807) is 6.08 Å². The summed E-state index contributed by atoms with van der Waals surface area (Å²) in [5.41, 5.74) is 2.69. The molecule has 0 aromatic heterocycles. The van der Waals surface area contributed by atoms with E-state index in [1.165, 1.54) is 4.90 Å². The maximum atomic E-state index is 12.9. The molecule has 3 aromatic carbocycles. The lowest BCUT2D eigenvalue weighted by molar-refractivity contribution is -0.123. The Morgan fingerprint density at radius 2 is 1.61 bits per heavy atom. The smallest absolute Gasteiger partial charge is 0.293 e. The van der Waals surface area contributed by atoms with Crippen LogP contribution in [-0.4, -0.2) is 22.7 Å². The summed E-state index contributed by atoms with van der Waals surface area (Å²) in [6.07, 6.45) is 1.71. The van der Waals surface area contributed by atoms with Crippen LogP contribution in [0.2, 0.25) is 0 Å². The molecule has 0 saturated carbocycles. The van der Waals surface area contributed by atoms with Gasteiger partial charge in [0.25, 0.3) is 11.1 Å². The van der Waals surface area contributed by atoms with E-state index < -0.39 is 0 Å². The standard InChI is InChI=1S/C26H22BrNO4S/c1-2-31-22-14-20(13-21(27)24(22)32-17-19-11-7-4-8-12-19)15-23-25(29)28(26(30)33-23)16-18-9-5-3-6-10-18/h3-15H,2,16-17H2,1H3/b23-15-. The van der Waals surface area contributed by atoms with E-state index in [4.69, 9.17) is 9.47 Å². The summed E-state index contributed by atoms with van der Waals surface area (Å²) in [4.78, 5) is 27.0. The maximum Gasteiger partial charge on any atom is 0.293 e. The molecule has 0 atom stereocenters. The SMILES string of the molecule is CCOc1cc(/C=C2\SC(=O)N(Cc3ccccc3)C2=O)cc(Br)c1OCc1ccccc1. The molecule has 0 radical (unpaired) electrons. The number of benzene rings is 3. The molecule has 0 bridgehead atoms. The number of carbonyl (C=O) groups is 2. The number of rotatable bonds is 8. The zero-order valence-corrected chi connectivity index (χ0v) is 20.4. The molecule has 1 fully saturated rings. The second-order valence-electron chi connectivity index (χ2n) is 7.29. The van der Waals surface area contributed by atoms with Crippen LogP contribution in [0.15, 0.2) is 82.2 Å². The predicted octanol–water partition coefficient (Wildman–Crippen LogP) is 6.66. The van der Waals surface area contributed by atoms with E-state index >= 15 is 0 Å². The highest BCUT2D eigenvalue weighted by molar-refractivity contribution is 9.10. The summed E-state index contributed by atoms with van der Waals surface area (Å²) in [5, 5.41) is -0.276. The van der Waals surface area contributed by atoms with Crippen molar-refractivity contribution >= 4 is 44.9 Å². The topological polar surface area (TPSA) is 55.8 Å². The maximum absolute atomic E-state index is 12.9. The van der Waals surface area contributed by atoms with Crippen LogP contribution >= 0.6 is 27.7 Å². The molecule has 1 aliphatic rings. The summed E-state index contributed by atoms with van der Waals surface area (Å²) < 4.78 is 12.5. The first kappa shape index (κ1) is 23.1. The van der Waals surface area contributed by atoms with Gasteiger partial charge in [0.15, 0.2) is 11.5 Å². The van der Waals surface area contributed by atoms with Crippen LogP contribution in [0.4, 0.5) is 4.79 Å². The van der Waals surface area contributed by atoms with Gasteiger partial charge in [-0.05, 0) is 69.5 Å². The van der Waals surface area contributed by atoms with Crippen molar-refractivity contribution in [3.63, 3.8) is 0 Å². The van der Waals surface area contributed by atoms with E-state index in [-0.39, 0.29) is 17.7 Å². The van der Waals surface area contributed by atoms with Crippen molar-refractivity contribution in [2.24, 2.45) is 0 Å². The number of thioether (sulfide) groups is 1. The van der Waals surface area contributed by atoms with Gasteiger partial charge >= 0.3 is 0 Å². The van der Waals surface area contributed by atoms with Gasteiger partial charge in [0.1, 0.15) is 6.61 Å². The van der Waals surface area contributed by atoms with Crippen LogP contribution < -0.4 is 9.47 Å². The fourth-order valence-electron chi connectivity index (χ4n) is 3.36. The number of ether oxygens (including phenoxy) is 2. The quantitative estimate of drug-likeness (QED) is 0.309. The molecule has 3 aromatic rings. The minimum absolute atomic E-state index is 0.253. The van der Waals surface area contributed by atoms with E-state index in [9.17, 15) is 9.59 Å². The van der Waals surface area contributed by atoms with Gasteiger partial charge in [-0.1, -0.05) is 60.7 Å². The van der Waals surface area contributed by atoms with Gasteiger partial charge < -0.3 is 9.47 Å². The first-order chi connectivity index (χ1) is 16.0. The largest absolute Gasteiger partial charge is 0.490 e. The van der Waals surface area contributed by atoms with Crippen molar-refractivity contribution in [3.05, 3.63) is 98.9 Å². The molecule has 1 saturated heterocycles. The van der Waals surface area contributed by atoms with Crippen LogP contribution in [0.5, 0.6) is 11.5 Å². The fraction of sp³-hybridized carbons (Fsp3) is 0.154. The highest BCUT2D eigenvalue weighted by atomic mass is 79.9. The third kappa shape index (κ3) is 5.67. The van der Waals surface area contributed by atoms with Crippen molar-refractivity contribution in [2.45, 2.75) is 20.1 Å². The van der Waals surface area contributed by atoms with Crippen molar-refractivity contribution < 1.29 is 19.1 Å². The molecule has 0 aliphatic carbocycles. The normalized spacial score (nSPS) is 14.7. The highest BCUT2D eigenvalue weighted by Crippen LogP contribution is 2.40. The summed E-state index contributed by atoms with van der Waals surface area (Å²) in [6, 6.07) is 23.0. The monoisotopic (exact) mass is 523 g/mol. The molecule has 2 amide bonds. The van der Waals surface area contributed by atoms with Crippen LogP contribution in [0.1, 0.15) is 23.6 Å². The average Bonchev–Trinajstić information content (AvgIpc) is 3.07. The molecule has 4 rings (SSSR count). The Morgan fingerprint density at radius 1 is 0.939 bits per heavy atom. The Morgan fingerprint density at radius 3 is 2.27 bits per heavy atom. The molecule has 1 heterocycles. The Labute approximate surface area is 205 Å². The minimum atomic E-state index is -0.299. The van der Waals surface area contributed by atoms with E-state index in [0.29, 0.717) is 34.1 Å². The first-order valence-corrected chi connectivity index (χ1v) is 12.1. The Hall–Kier alpha value is -3.03. The predicted molar refractivity (Wildman–Crippen MR) is 134 cm³/mol. The second-order valence-corrected chi connectivity index (χ2v) is 9.14. The molecule has 33 heavy (non-hydrogen) atoms. The Kier molecular flexibility index (Phi) is 7.52. The van der Waals surface area contributed by atoms with Crippen molar-refractivity contribution in [3.8, 4) is 11.5 Å². The van der Waals surface area contributed by atoms with Gasteiger partial charge in [-0.3, -0.25) is 14.5 Å². The molecule has 0 N–H and O–H groups in total. The first-order valence-electron chi connectivity index (χ1n) is 10.5. The van der Waals surface area contributed by atoms with E-state index in [1.807, 2.05) is 79.7 Å². The van der Waals surface area contributed by atoms with Gasteiger partial charge in [-0.15, -0.1) is 0 Å². The van der Waals surface area contributed by atoms with Gasteiger partial charge in [0, 0.05) is 0 Å². The van der Waals surface area contributed by atoms with Gasteiger partial charge in [-0.25, -0.2) is 0 Å². The minimum Gasteiger partial charge on any atom is -0.490 e. The number of halogens is 1. The molecule has 5 nitrogen and oxygen atoms in total. The molecular formula is C26H22BrNO4S. The zero-order valence-electron chi connectivity index (χ0n) is 18.0. The molecule has 0 spiro atoms. The van der Waals surface area contributed by atoms with Crippen molar-refractivity contribution in [1.82, 2.24) is 4.90 Å². The van der Waals surface area contributed by atoms with Gasteiger partial charge in [-0.2, -0.15) is 0 Å². The lowest BCUT2D eigenvalue weighted by Crippen LogP contribution is -2.27. The van der Waals surface area contributed by atoms with E-state index in [0.717, 1.165) is 28.5 Å². The van der Waals surface area contributed by atoms with Gasteiger partial charge in [0.05, 0.1) is 22.5 Å². The number of hydrogen-bond donors (Lipinski definition) is 0. The number of amides is 2. The number of carbonyl (C=O) groups excluding carboxylic acids is 2. The fourth-order valence-corrected chi connectivity index (χ4v) is 4.77. The molecule has 7 heteroatoms. The van der Waals surface area contributed by atoms with Crippen molar-refractivity contribution in [2.75, 3.05) is 6.61 Å².